The third-order valence-electron chi connectivity index (χ3n) is 4.72. The van der Waals surface area contributed by atoms with E-state index >= 15 is 0 Å². The highest BCUT2D eigenvalue weighted by Crippen LogP contribution is 2.22. The molecule has 0 saturated carbocycles. The Kier molecular flexibility index (Phi) is 8.34. The number of ether oxygens (including phenoxy) is 2. The average molecular weight is 404 g/mol. The molecular formula is C26H29NO3. The Morgan fingerprint density at radius 2 is 1.53 bits per heavy atom. The summed E-state index contributed by atoms with van der Waals surface area (Å²) in [6.07, 6.45) is 4.66. The monoisotopic (exact) mass is 403 g/mol. The van der Waals surface area contributed by atoms with Crippen LogP contribution in [0.25, 0.3) is 11.1 Å². The fourth-order valence-electron chi connectivity index (χ4n) is 3.10. The molecule has 0 atom stereocenters. The third-order valence-corrected chi connectivity index (χ3v) is 4.72. The third kappa shape index (κ3) is 6.96. The van der Waals surface area contributed by atoms with Gasteiger partial charge in [-0.3, -0.25) is 4.79 Å². The highest BCUT2D eigenvalue weighted by atomic mass is 16.5. The van der Waals surface area contributed by atoms with Crippen molar-refractivity contribution in [2.75, 3.05) is 18.5 Å². The molecule has 0 spiro atoms. The van der Waals surface area contributed by atoms with Crippen molar-refractivity contribution in [1.82, 2.24) is 0 Å². The zero-order chi connectivity index (χ0) is 21.0. The van der Waals surface area contributed by atoms with E-state index in [2.05, 4.69) is 24.4 Å². The number of nitrogens with one attached hydrogen (secondary N) is 1. The molecule has 156 valence electrons. The highest BCUT2D eigenvalue weighted by Gasteiger charge is 2.06. The van der Waals surface area contributed by atoms with Crippen LogP contribution in [0.15, 0.2) is 78.9 Å². The number of benzene rings is 3. The van der Waals surface area contributed by atoms with Crippen molar-refractivity contribution >= 4 is 11.6 Å². The maximum atomic E-state index is 12.2. The lowest BCUT2D eigenvalue weighted by atomic mass is 10.1. The quantitative estimate of drug-likeness (QED) is 0.381. The largest absolute Gasteiger partial charge is 0.494 e. The van der Waals surface area contributed by atoms with Crippen LogP contribution < -0.4 is 14.8 Å². The summed E-state index contributed by atoms with van der Waals surface area (Å²) in [6.45, 7) is 2.84. The Morgan fingerprint density at radius 1 is 0.767 bits per heavy atom. The van der Waals surface area contributed by atoms with E-state index in [4.69, 9.17) is 9.47 Å². The van der Waals surface area contributed by atoms with E-state index in [0.29, 0.717) is 18.0 Å². The Morgan fingerprint density at radius 3 is 2.30 bits per heavy atom. The first-order valence-corrected chi connectivity index (χ1v) is 10.6. The lowest BCUT2D eigenvalue weighted by Gasteiger charge is -2.10. The predicted molar refractivity (Wildman–Crippen MR) is 122 cm³/mol. The molecule has 4 nitrogen and oxygen atoms in total. The standard InChI is InChI=1S/C26H29NO3/c1-2-3-4-8-18-29-25-13-9-12-23(19-25)27-26(28)20-30-24-16-14-22(15-17-24)21-10-6-5-7-11-21/h5-7,9-17,19H,2-4,8,18,20H2,1H3,(H,27,28). The second-order valence-electron chi connectivity index (χ2n) is 7.16. The van der Waals surface area contributed by atoms with Crippen molar-refractivity contribution in [2.24, 2.45) is 0 Å². The Bertz CT molecular complexity index is 907. The Hall–Kier alpha value is -3.27. The molecule has 0 fully saturated rings. The summed E-state index contributed by atoms with van der Waals surface area (Å²) in [7, 11) is 0. The van der Waals surface area contributed by atoms with E-state index < -0.39 is 0 Å². The molecule has 4 heteroatoms. The predicted octanol–water partition coefficient (Wildman–Crippen LogP) is 6.33. The number of amides is 1. The van der Waals surface area contributed by atoms with Gasteiger partial charge in [-0.15, -0.1) is 0 Å². The zero-order valence-corrected chi connectivity index (χ0v) is 17.5. The second kappa shape index (κ2) is 11.7. The molecule has 0 aliphatic rings. The van der Waals surface area contributed by atoms with Gasteiger partial charge in [-0.05, 0) is 41.8 Å². The number of carbonyl (C=O) groups excluding carboxylic acids is 1. The van der Waals surface area contributed by atoms with E-state index in [-0.39, 0.29) is 12.5 Å². The summed E-state index contributed by atoms with van der Waals surface area (Å²) in [5.41, 5.74) is 2.96. The molecule has 0 aliphatic carbocycles. The van der Waals surface area contributed by atoms with Crippen LogP contribution >= 0.6 is 0 Å². The van der Waals surface area contributed by atoms with Crippen molar-refractivity contribution in [1.29, 1.82) is 0 Å². The van der Waals surface area contributed by atoms with Gasteiger partial charge in [0.1, 0.15) is 11.5 Å². The van der Waals surface area contributed by atoms with Crippen molar-refractivity contribution in [3.05, 3.63) is 78.9 Å². The number of anilines is 1. The molecule has 0 aromatic heterocycles. The summed E-state index contributed by atoms with van der Waals surface area (Å²) >= 11 is 0. The van der Waals surface area contributed by atoms with Gasteiger partial charge >= 0.3 is 0 Å². The van der Waals surface area contributed by atoms with Crippen molar-refractivity contribution in [3.63, 3.8) is 0 Å². The van der Waals surface area contributed by atoms with Gasteiger partial charge in [0.25, 0.3) is 5.91 Å². The minimum atomic E-state index is -0.206. The van der Waals surface area contributed by atoms with Crippen LogP contribution in [0.5, 0.6) is 11.5 Å². The highest BCUT2D eigenvalue weighted by molar-refractivity contribution is 5.92. The molecule has 30 heavy (non-hydrogen) atoms. The normalized spacial score (nSPS) is 10.4. The fourth-order valence-corrected chi connectivity index (χ4v) is 3.10. The molecule has 0 bridgehead atoms. The van der Waals surface area contributed by atoms with Gasteiger partial charge in [-0.25, -0.2) is 0 Å². The maximum absolute atomic E-state index is 12.2. The van der Waals surface area contributed by atoms with Gasteiger partial charge in [0.15, 0.2) is 6.61 Å². The minimum absolute atomic E-state index is 0.0488. The van der Waals surface area contributed by atoms with E-state index in [9.17, 15) is 4.79 Å². The van der Waals surface area contributed by atoms with E-state index in [1.807, 2.05) is 66.7 Å². The molecule has 3 aromatic carbocycles. The Balaban J connectivity index is 1.45. The lowest BCUT2D eigenvalue weighted by molar-refractivity contribution is -0.118. The zero-order valence-electron chi connectivity index (χ0n) is 17.5. The van der Waals surface area contributed by atoms with Crippen LogP contribution in [0.3, 0.4) is 0 Å². The average Bonchev–Trinajstić information content (AvgIpc) is 2.79. The summed E-state index contributed by atoms with van der Waals surface area (Å²) in [4.78, 5) is 12.2. The molecule has 0 saturated heterocycles. The Labute approximate surface area is 178 Å². The van der Waals surface area contributed by atoms with E-state index in [1.165, 1.54) is 19.3 Å². The summed E-state index contributed by atoms with van der Waals surface area (Å²) in [5.74, 6) is 1.22. The maximum Gasteiger partial charge on any atom is 0.262 e. The number of hydrogen-bond donors (Lipinski definition) is 1. The van der Waals surface area contributed by atoms with Gasteiger partial charge in [0.2, 0.25) is 0 Å². The van der Waals surface area contributed by atoms with E-state index in [1.54, 1.807) is 0 Å². The lowest BCUT2D eigenvalue weighted by Crippen LogP contribution is -2.20. The number of carbonyl (C=O) groups is 1. The molecule has 0 radical (unpaired) electrons. The summed E-state index contributed by atoms with van der Waals surface area (Å²) in [6, 6.07) is 25.3. The van der Waals surface area contributed by atoms with Crippen molar-refractivity contribution in [3.8, 4) is 22.6 Å². The summed E-state index contributed by atoms with van der Waals surface area (Å²) in [5, 5.41) is 2.86. The molecule has 0 unspecified atom stereocenters. The first-order chi connectivity index (χ1) is 14.7. The topological polar surface area (TPSA) is 47.6 Å². The molecule has 1 N–H and O–H groups in total. The minimum Gasteiger partial charge on any atom is -0.494 e. The number of hydrogen-bond acceptors (Lipinski definition) is 3. The molecule has 3 aromatic rings. The number of rotatable bonds is 11. The van der Waals surface area contributed by atoms with Gasteiger partial charge < -0.3 is 14.8 Å². The molecule has 0 heterocycles. The molecule has 3 rings (SSSR count). The smallest absolute Gasteiger partial charge is 0.262 e. The fraction of sp³-hybridized carbons (Fsp3) is 0.269. The summed E-state index contributed by atoms with van der Waals surface area (Å²) < 4.78 is 11.4. The number of unbranched alkanes of at least 4 members (excludes halogenated alkanes) is 3. The first-order valence-electron chi connectivity index (χ1n) is 10.6. The van der Waals surface area contributed by atoms with Crippen LogP contribution in [-0.2, 0) is 4.79 Å². The van der Waals surface area contributed by atoms with Crippen molar-refractivity contribution < 1.29 is 14.3 Å². The van der Waals surface area contributed by atoms with Gasteiger partial charge in [-0.1, -0.05) is 74.7 Å². The van der Waals surface area contributed by atoms with Crippen LogP contribution in [0.1, 0.15) is 32.6 Å². The van der Waals surface area contributed by atoms with Crippen LogP contribution in [0.4, 0.5) is 5.69 Å². The SMILES string of the molecule is CCCCCCOc1cccc(NC(=O)COc2ccc(-c3ccccc3)cc2)c1. The first kappa shape index (κ1) is 21.4. The van der Waals surface area contributed by atoms with Crippen LogP contribution in [0, 0.1) is 0 Å². The van der Waals surface area contributed by atoms with Crippen LogP contribution in [0.2, 0.25) is 0 Å². The van der Waals surface area contributed by atoms with Crippen molar-refractivity contribution in [2.45, 2.75) is 32.6 Å². The van der Waals surface area contributed by atoms with Gasteiger partial charge in [0, 0.05) is 11.8 Å². The van der Waals surface area contributed by atoms with E-state index in [0.717, 1.165) is 23.3 Å². The molecule has 1 amide bonds. The second-order valence-corrected chi connectivity index (χ2v) is 7.16. The van der Waals surface area contributed by atoms with Gasteiger partial charge in [-0.2, -0.15) is 0 Å². The van der Waals surface area contributed by atoms with Crippen LogP contribution in [-0.4, -0.2) is 19.1 Å². The van der Waals surface area contributed by atoms with Gasteiger partial charge in [0.05, 0.1) is 6.61 Å². The molecular weight excluding hydrogens is 374 g/mol. The molecule has 0 aliphatic heterocycles.